The number of hydrogen-bond acceptors (Lipinski definition) is 6. The summed E-state index contributed by atoms with van der Waals surface area (Å²) < 4.78 is 42.8. The Hall–Kier alpha value is -2.94. The van der Waals surface area contributed by atoms with Crippen molar-refractivity contribution >= 4 is 21.6 Å². The number of anilines is 1. The van der Waals surface area contributed by atoms with E-state index >= 15 is 0 Å². The Labute approximate surface area is 189 Å². The van der Waals surface area contributed by atoms with Crippen LogP contribution in [0.4, 0.5) is 5.69 Å². The highest BCUT2D eigenvalue weighted by molar-refractivity contribution is 7.92. The molecule has 8 nitrogen and oxygen atoms in total. The molecule has 0 bridgehead atoms. The van der Waals surface area contributed by atoms with Crippen molar-refractivity contribution in [3.63, 3.8) is 0 Å². The van der Waals surface area contributed by atoms with Crippen LogP contribution in [0.25, 0.3) is 0 Å². The van der Waals surface area contributed by atoms with E-state index < -0.39 is 28.1 Å². The molecule has 0 aromatic heterocycles. The number of benzene rings is 2. The van der Waals surface area contributed by atoms with Crippen LogP contribution >= 0.6 is 0 Å². The van der Waals surface area contributed by atoms with E-state index in [2.05, 4.69) is 5.32 Å². The molecule has 9 heteroatoms. The van der Waals surface area contributed by atoms with E-state index in [-0.39, 0.29) is 11.7 Å². The van der Waals surface area contributed by atoms with Crippen LogP contribution in [0.1, 0.15) is 37.4 Å². The first-order valence-corrected chi connectivity index (χ1v) is 12.1. The zero-order chi connectivity index (χ0) is 23.7. The van der Waals surface area contributed by atoms with Gasteiger partial charge in [-0.2, -0.15) is 0 Å². The largest absolute Gasteiger partial charge is 0.497 e. The van der Waals surface area contributed by atoms with Gasteiger partial charge in [0.2, 0.25) is 15.9 Å². The number of amides is 1. The van der Waals surface area contributed by atoms with Gasteiger partial charge in [-0.15, -0.1) is 0 Å². The van der Waals surface area contributed by atoms with Gasteiger partial charge in [-0.25, -0.2) is 8.42 Å². The van der Waals surface area contributed by atoms with Gasteiger partial charge in [0, 0.05) is 18.1 Å². The van der Waals surface area contributed by atoms with Gasteiger partial charge in [0.25, 0.3) is 0 Å². The highest BCUT2D eigenvalue weighted by atomic mass is 32.2. The Morgan fingerprint density at radius 3 is 2.53 bits per heavy atom. The lowest BCUT2D eigenvalue weighted by molar-refractivity contribution is -0.120. The molecule has 0 spiro atoms. The number of aryl methyl sites for hydroxylation is 1. The van der Waals surface area contributed by atoms with Crippen LogP contribution < -0.4 is 23.8 Å². The summed E-state index contributed by atoms with van der Waals surface area (Å²) in [4.78, 5) is 13.1. The highest BCUT2D eigenvalue weighted by Gasteiger charge is 2.35. The summed E-state index contributed by atoms with van der Waals surface area (Å²) in [7, 11) is -0.867. The molecule has 0 fully saturated rings. The smallest absolute Gasteiger partial charge is 0.241 e. The number of carbonyl (C=O) groups excluding carboxylic acids is 1. The minimum atomic E-state index is -3.79. The summed E-state index contributed by atoms with van der Waals surface area (Å²) >= 11 is 0. The molecule has 1 N–H and O–H groups in total. The summed E-state index contributed by atoms with van der Waals surface area (Å²) in [5.41, 5.74) is 1.67. The third kappa shape index (κ3) is 5.27. The van der Waals surface area contributed by atoms with Gasteiger partial charge in [0.1, 0.15) is 29.4 Å². The summed E-state index contributed by atoms with van der Waals surface area (Å²) in [5.74, 6) is 1.05. The summed E-state index contributed by atoms with van der Waals surface area (Å²) in [6.07, 6.45) is 1.60. The van der Waals surface area contributed by atoms with Crippen molar-refractivity contribution in [2.24, 2.45) is 0 Å². The van der Waals surface area contributed by atoms with Crippen LogP contribution in [0.5, 0.6) is 17.2 Å². The second-order valence-electron chi connectivity index (χ2n) is 8.53. The van der Waals surface area contributed by atoms with E-state index in [9.17, 15) is 13.2 Å². The lowest BCUT2D eigenvalue weighted by Crippen LogP contribution is -2.45. The predicted octanol–water partition coefficient (Wildman–Crippen LogP) is 3.20. The summed E-state index contributed by atoms with van der Waals surface area (Å²) in [6, 6.07) is 10.3. The Bertz CT molecular complexity index is 1110. The maximum Gasteiger partial charge on any atom is 0.241 e. The number of nitrogens with one attached hydrogen (secondary N) is 1. The number of ether oxygens (including phenoxy) is 3. The van der Waals surface area contributed by atoms with Crippen LogP contribution in [0, 0.1) is 6.92 Å². The molecule has 2 aromatic carbocycles. The Morgan fingerprint density at radius 2 is 1.91 bits per heavy atom. The number of sulfonamides is 1. The van der Waals surface area contributed by atoms with Crippen molar-refractivity contribution in [3.8, 4) is 17.2 Å². The van der Waals surface area contributed by atoms with Gasteiger partial charge in [-0.3, -0.25) is 9.10 Å². The fourth-order valence-electron chi connectivity index (χ4n) is 3.83. The highest BCUT2D eigenvalue weighted by Crippen LogP contribution is 2.40. The van der Waals surface area contributed by atoms with Crippen LogP contribution in [0.15, 0.2) is 36.4 Å². The predicted molar refractivity (Wildman–Crippen MR) is 123 cm³/mol. The molecule has 1 amide bonds. The number of rotatable bonds is 7. The molecule has 1 unspecified atom stereocenters. The van der Waals surface area contributed by atoms with Crippen molar-refractivity contribution < 1.29 is 27.4 Å². The molecule has 1 aliphatic heterocycles. The molecule has 3 rings (SSSR count). The molecule has 174 valence electrons. The Kier molecular flexibility index (Phi) is 6.59. The number of hydrogen-bond donors (Lipinski definition) is 1. The van der Waals surface area contributed by atoms with Crippen LogP contribution in [0.2, 0.25) is 0 Å². The van der Waals surface area contributed by atoms with Gasteiger partial charge in [-0.05, 0) is 44.5 Å². The van der Waals surface area contributed by atoms with Crippen molar-refractivity contribution in [2.75, 3.05) is 31.3 Å². The quantitative estimate of drug-likeness (QED) is 0.679. The maximum absolute atomic E-state index is 13.1. The maximum atomic E-state index is 13.1. The average Bonchev–Trinajstić information content (AvgIpc) is 2.69. The second kappa shape index (κ2) is 8.90. The first-order chi connectivity index (χ1) is 14.9. The topological polar surface area (TPSA) is 94.2 Å². The Balaban J connectivity index is 1.90. The van der Waals surface area contributed by atoms with E-state index in [0.29, 0.717) is 17.9 Å². The molecule has 0 saturated carbocycles. The van der Waals surface area contributed by atoms with Crippen molar-refractivity contribution in [2.45, 2.75) is 38.8 Å². The van der Waals surface area contributed by atoms with E-state index in [1.165, 1.54) is 20.3 Å². The number of methoxy groups -OCH3 is 2. The fourth-order valence-corrected chi connectivity index (χ4v) is 4.68. The molecule has 0 aliphatic carbocycles. The summed E-state index contributed by atoms with van der Waals surface area (Å²) in [6.45, 7) is 5.49. The molecular weight excluding hydrogens is 432 g/mol. The van der Waals surface area contributed by atoms with E-state index in [1.807, 2.05) is 39.0 Å². The molecular formula is C23H30N2O6S. The minimum absolute atomic E-state index is 0.229. The van der Waals surface area contributed by atoms with E-state index in [0.717, 1.165) is 27.4 Å². The third-order valence-corrected chi connectivity index (χ3v) is 6.43. The van der Waals surface area contributed by atoms with Gasteiger partial charge < -0.3 is 19.5 Å². The molecule has 0 saturated heterocycles. The standard InChI is InChI=1S/C23H30N2O6S/c1-15-7-9-17-18(13-23(2,3)31-21(17)11-15)24-22(26)14-25(32(6,27)28)19-12-16(29-4)8-10-20(19)30-5/h7-12,18H,13-14H2,1-6H3,(H,24,26). The third-order valence-electron chi connectivity index (χ3n) is 5.30. The first kappa shape index (κ1) is 23.7. The normalized spacial score (nSPS) is 17.0. The molecule has 32 heavy (non-hydrogen) atoms. The first-order valence-electron chi connectivity index (χ1n) is 10.2. The molecule has 2 aromatic rings. The van der Waals surface area contributed by atoms with Gasteiger partial charge >= 0.3 is 0 Å². The van der Waals surface area contributed by atoms with Crippen LogP contribution in [-0.4, -0.2) is 46.9 Å². The van der Waals surface area contributed by atoms with Crippen molar-refractivity contribution in [1.29, 1.82) is 0 Å². The summed E-state index contributed by atoms with van der Waals surface area (Å²) in [5, 5.41) is 2.99. The lowest BCUT2D eigenvalue weighted by Gasteiger charge is -2.38. The number of carbonyl (C=O) groups is 1. The van der Waals surface area contributed by atoms with Gasteiger partial charge in [0.05, 0.1) is 32.2 Å². The lowest BCUT2D eigenvalue weighted by atomic mass is 9.89. The van der Waals surface area contributed by atoms with Crippen molar-refractivity contribution in [1.82, 2.24) is 5.32 Å². The van der Waals surface area contributed by atoms with Gasteiger partial charge in [0.15, 0.2) is 0 Å². The fraction of sp³-hybridized carbons (Fsp3) is 0.435. The van der Waals surface area contributed by atoms with E-state index in [4.69, 9.17) is 14.2 Å². The number of nitrogens with zero attached hydrogens (tertiary/aromatic N) is 1. The van der Waals surface area contributed by atoms with Crippen molar-refractivity contribution in [3.05, 3.63) is 47.5 Å². The number of fused-ring (bicyclic) bond motifs is 1. The van der Waals surface area contributed by atoms with Crippen LogP contribution in [0.3, 0.4) is 0 Å². The van der Waals surface area contributed by atoms with E-state index in [1.54, 1.807) is 12.1 Å². The average molecular weight is 463 g/mol. The SMILES string of the molecule is COc1ccc(OC)c(N(CC(=O)NC2CC(C)(C)Oc3cc(C)ccc32)S(C)(=O)=O)c1. The minimum Gasteiger partial charge on any atom is -0.497 e. The zero-order valence-corrected chi connectivity index (χ0v) is 20.1. The van der Waals surface area contributed by atoms with Crippen LogP contribution in [-0.2, 0) is 14.8 Å². The molecule has 1 atom stereocenters. The molecule has 1 aliphatic rings. The van der Waals surface area contributed by atoms with Gasteiger partial charge in [-0.1, -0.05) is 12.1 Å². The zero-order valence-electron chi connectivity index (χ0n) is 19.3. The Morgan fingerprint density at radius 1 is 1.19 bits per heavy atom. The monoisotopic (exact) mass is 462 g/mol. The molecule has 1 heterocycles. The molecule has 0 radical (unpaired) electrons. The second-order valence-corrected chi connectivity index (χ2v) is 10.4.